The summed E-state index contributed by atoms with van der Waals surface area (Å²) >= 11 is 0. The summed E-state index contributed by atoms with van der Waals surface area (Å²) in [6, 6.07) is 0. The van der Waals surface area contributed by atoms with E-state index in [2.05, 4.69) is 0 Å². The molecule has 1 aliphatic rings. The van der Waals surface area contributed by atoms with Crippen LogP contribution in [-0.4, -0.2) is 5.54 Å². The minimum absolute atomic E-state index is 0. The molecule has 15 heavy (non-hydrogen) atoms. The maximum Gasteiger partial charge on any atom is 0.00686 e. The van der Waals surface area contributed by atoms with Crippen molar-refractivity contribution < 1.29 is 0 Å². The lowest BCUT2D eigenvalue weighted by molar-refractivity contribution is 0.580. The molecule has 1 heteroatoms. The van der Waals surface area contributed by atoms with Gasteiger partial charge in [-0.05, 0) is 20.8 Å². The first kappa shape index (κ1) is 17.4. The van der Waals surface area contributed by atoms with Gasteiger partial charge in [0, 0.05) is 5.54 Å². The first-order valence-electron chi connectivity index (χ1n) is 6.29. The Morgan fingerprint density at radius 2 is 0.667 bits per heavy atom. The molecule has 0 aromatic heterocycles. The van der Waals surface area contributed by atoms with Crippen molar-refractivity contribution in [2.24, 2.45) is 5.73 Å². The third kappa shape index (κ3) is 24.9. The van der Waals surface area contributed by atoms with Crippen molar-refractivity contribution in [3.63, 3.8) is 0 Å². The minimum Gasteiger partial charge on any atom is -0.326 e. The summed E-state index contributed by atoms with van der Waals surface area (Å²) in [5.74, 6) is 0. The molecule has 0 heterocycles. The van der Waals surface area contributed by atoms with Crippen LogP contribution in [0.15, 0.2) is 0 Å². The molecule has 1 saturated carbocycles. The monoisotopic (exact) mass is 215 g/mol. The van der Waals surface area contributed by atoms with Crippen LogP contribution in [0.4, 0.5) is 0 Å². The van der Waals surface area contributed by atoms with Crippen molar-refractivity contribution >= 4 is 0 Å². The summed E-state index contributed by atoms with van der Waals surface area (Å²) in [4.78, 5) is 0. The van der Waals surface area contributed by atoms with Crippen molar-refractivity contribution in [2.75, 3.05) is 0 Å². The molecule has 1 rings (SSSR count). The Morgan fingerprint density at radius 3 is 0.733 bits per heavy atom. The Bertz CT molecular complexity index is 78.5. The molecule has 0 amide bonds. The van der Waals surface area contributed by atoms with Crippen molar-refractivity contribution in [3.05, 3.63) is 0 Å². The summed E-state index contributed by atoms with van der Waals surface area (Å²) in [6.45, 7) is 5.90. The number of hydrogen-bond acceptors (Lipinski definition) is 1. The smallest absolute Gasteiger partial charge is 0.00686 e. The van der Waals surface area contributed by atoms with Gasteiger partial charge in [0.15, 0.2) is 0 Å². The zero-order chi connectivity index (χ0) is 10.9. The van der Waals surface area contributed by atoms with E-state index in [1.54, 1.807) is 0 Å². The second-order valence-corrected chi connectivity index (χ2v) is 5.55. The van der Waals surface area contributed by atoms with Gasteiger partial charge in [-0.25, -0.2) is 0 Å². The Labute approximate surface area is 97.8 Å². The molecule has 0 aromatic carbocycles. The van der Waals surface area contributed by atoms with Gasteiger partial charge in [0.2, 0.25) is 0 Å². The van der Waals surface area contributed by atoms with Gasteiger partial charge < -0.3 is 5.73 Å². The number of rotatable bonds is 0. The summed E-state index contributed by atoms with van der Waals surface area (Å²) in [6.07, 6.45) is 13.5. The van der Waals surface area contributed by atoms with Crippen LogP contribution in [0.25, 0.3) is 0 Å². The molecule has 0 bridgehead atoms. The van der Waals surface area contributed by atoms with E-state index < -0.39 is 0 Å². The summed E-state index contributed by atoms with van der Waals surface area (Å²) in [5.41, 5.74) is 5.35. The maximum atomic E-state index is 5.35. The molecule has 0 unspecified atom stereocenters. The van der Waals surface area contributed by atoms with Crippen molar-refractivity contribution in [3.8, 4) is 0 Å². The average molecular weight is 215 g/mol. The van der Waals surface area contributed by atoms with Crippen molar-refractivity contribution in [1.82, 2.24) is 0 Å². The number of hydrogen-bond donors (Lipinski definition) is 1. The Hall–Kier alpha value is -0.0400. The molecule has 2 N–H and O–H groups in total. The zero-order valence-corrected chi connectivity index (χ0v) is 10.4. The molecule has 0 atom stereocenters. The van der Waals surface area contributed by atoms with Crippen LogP contribution in [0.3, 0.4) is 0 Å². The summed E-state index contributed by atoms with van der Waals surface area (Å²) in [7, 11) is 0. The van der Waals surface area contributed by atoms with Gasteiger partial charge in [-0.3, -0.25) is 0 Å². The van der Waals surface area contributed by atoms with E-state index >= 15 is 0 Å². The number of nitrogens with two attached hydrogens (primary N) is 1. The van der Waals surface area contributed by atoms with Crippen LogP contribution in [0.1, 0.15) is 86.0 Å². The molecule has 94 valence electrons. The molecule has 1 fully saturated rings. The summed E-state index contributed by atoms with van der Waals surface area (Å²) in [5, 5.41) is 0. The lowest BCUT2D eigenvalue weighted by atomic mass is 10.1. The van der Waals surface area contributed by atoms with Gasteiger partial charge in [0.1, 0.15) is 0 Å². The molecular formula is C14H33N. The van der Waals surface area contributed by atoms with E-state index in [0.717, 1.165) is 0 Å². The molecule has 0 spiro atoms. The quantitative estimate of drug-likeness (QED) is 0.611. The van der Waals surface area contributed by atoms with Crippen LogP contribution in [0, 0.1) is 0 Å². The Balaban J connectivity index is 0. The molecular weight excluding hydrogens is 182 g/mol. The maximum absolute atomic E-state index is 5.35. The highest BCUT2D eigenvalue weighted by molar-refractivity contribution is 4.60. The van der Waals surface area contributed by atoms with E-state index in [-0.39, 0.29) is 13.0 Å². The predicted molar refractivity (Wildman–Crippen MR) is 72.2 cm³/mol. The minimum atomic E-state index is 0. The zero-order valence-electron chi connectivity index (χ0n) is 10.4. The molecule has 1 aliphatic carbocycles. The molecule has 0 aliphatic heterocycles. The van der Waals surface area contributed by atoms with Crippen LogP contribution in [0.5, 0.6) is 0 Å². The van der Waals surface area contributed by atoms with Gasteiger partial charge in [-0.1, -0.05) is 65.2 Å². The fraction of sp³-hybridized carbons (Fsp3) is 1.00. The molecule has 0 radical (unpaired) electrons. The lowest BCUT2D eigenvalue weighted by Gasteiger charge is -2.06. The normalized spacial score (nSPS) is 18.4. The highest BCUT2D eigenvalue weighted by atomic mass is 14.7. The van der Waals surface area contributed by atoms with Crippen LogP contribution >= 0.6 is 0 Å². The third-order valence-corrected chi connectivity index (χ3v) is 2.25. The predicted octanol–water partition coefficient (Wildman–Crippen LogP) is 4.89. The van der Waals surface area contributed by atoms with Crippen LogP contribution in [-0.2, 0) is 0 Å². The third-order valence-electron chi connectivity index (χ3n) is 2.25. The average Bonchev–Trinajstić information content (AvgIpc) is 2.14. The Kier molecular flexibility index (Phi) is 12.1. The fourth-order valence-corrected chi connectivity index (χ4v) is 1.59. The van der Waals surface area contributed by atoms with Crippen molar-refractivity contribution in [2.45, 2.75) is 91.5 Å². The van der Waals surface area contributed by atoms with Gasteiger partial charge >= 0.3 is 0 Å². The molecule has 0 saturated heterocycles. The highest BCUT2D eigenvalue weighted by Gasteiger charge is 1.96. The van der Waals surface area contributed by atoms with Crippen molar-refractivity contribution in [1.29, 1.82) is 0 Å². The lowest BCUT2D eigenvalue weighted by Crippen LogP contribution is -2.26. The van der Waals surface area contributed by atoms with Gasteiger partial charge in [0.25, 0.3) is 0 Å². The van der Waals surface area contributed by atoms with E-state index in [4.69, 9.17) is 5.73 Å². The fourth-order valence-electron chi connectivity index (χ4n) is 1.59. The first-order chi connectivity index (χ1) is 6.50. The van der Waals surface area contributed by atoms with Gasteiger partial charge in [-0.2, -0.15) is 0 Å². The van der Waals surface area contributed by atoms with E-state index in [1.165, 1.54) is 57.8 Å². The standard InChI is InChI=1S/C9H18.C4H11N.CH4/c1-2-4-6-8-9-7-5-3-1;1-4(2,3)5;/h1-9H2;5H2,1-3H3;1H4. The molecule has 1 nitrogen and oxygen atoms in total. The van der Waals surface area contributed by atoms with Crippen LogP contribution in [0.2, 0.25) is 0 Å². The first-order valence-corrected chi connectivity index (χ1v) is 6.29. The van der Waals surface area contributed by atoms with E-state index in [1.807, 2.05) is 20.8 Å². The van der Waals surface area contributed by atoms with Gasteiger partial charge in [-0.15, -0.1) is 0 Å². The van der Waals surface area contributed by atoms with Crippen LogP contribution < -0.4 is 5.73 Å². The second-order valence-electron chi connectivity index (χ2n) is 5.55. The van der Waals surface area contributed by atoms with E-state index in [0.29, 0.717) is 0 Å². The van der Waals surface area contributed by atoms with Gasteiger partial charge in [0.05, 0.1) is 0 Å². The molecule has 0 aromatic rings. The highest BCUT2D eigenvalue weighted by Crippen LogP contribution is 2.15. The largest absolute Gasteiger partial charge is 0.326 e. The Morgan fingerprint density at radius 1 is 0.600 bits per heavy atom. The second kappa shape index (κ2) is 10.5. The topological polar surface area (TPSA) is 26.0 Å². The summed E-state index contributed by atoms with van der Waals surface area (Å²) < 4.78 is 0. The van der Waals surface area contributed by atoms with E-state index in [9.17, 15) is 0 Å². The SMILES string of the molecule is C.C1CCCCCCCC1.CC(C)(C)N.